The fraction of sp³-hybridized carbons (Fsp3) is 0.316. The highest BCUT2D eigenvalue weighted by atomic mass is 32.2. The van der Waals surface area contributed by atoms with Gasteiger partial charge in [0.05, 0.1) is 25.6 Å². The molecule has 0 aliphatic rings. The highest BCUT2D eigenvalue weighted by molar-refractivity contribution is 7.92. The zero-order valence-corrected chi connectivity index (χ0v) is 16.7. The number of rotatable bonds is 9. The number of anilines is 1. The number of nitrogens with zero attached hydrogens (tertiary/aromatic N) is 1. The zero-order valence-electron chi connectivity index (χ0n) is 15.9. The second kappa shape index (κ2) is 9.41. The predicted octanol–water partition coefficient (Wildman–Crippen LogP) is 2.18. The lowest BCUT2D eigenvalue weighted by atomic mass is 10.2. The number of halogens is 1. The molecule has 0 saturated carbocycles. The van der Waals surface area contributed by atoms with Crippen molar-refractivity contribution in [1.82, 2.24) is 5.32 Å². The average Bonchev–Trinajstić information content (AvgIpc) is 2.66. The third-order valence-corrected chi connectivity index (χ3v) is 5.14. The van der Waals surface area contributed by atoms with Crippen molar-refractivity contribution in [3.63, 3.8) is 0 Å². The van der Waals surface area contributed by atoms with E-state index in [0.717, 1.165) is 10.6 Å². The van der Waals surface area contributed by atoms with Gasteiger partial charge in [0.1, 0.15) is 30.0 Å². The number of hydrogen-bond acceptors (Lipinski definition) is 5. The molecule has 0 saturated heterocycles. The third kappa shape index (κ3) is 5.85. The number of carbonyl (C=O) groups excluding carboxylic acids is 1. The summed E-state index contributed by atoms with van der Waals surface area (Å²) in [4.78, 5) is 12.4. The first-order valence-corrected chi connectivity index (χ1v) is 10.4. The number of hydrogen-bond donors (Lipinski definition) is 1. The molecule has 0 spiro atoms. The number of benzene rings is 2. The SMILES string of the molecule is COc1ccc(N([C@@H](C)C(=O)NCCOc2ccc(F)cc2)S(C)(=O)=O)cc1. The van der Waals surface area contributed by atoms with Crippen molar-refractivity contribution in [3.05, 3.63) is 54.3 Å². The molecule has 0 unspecified atom stereocenters. The lowest BCUT2D eigenvalue weighted by Crippen LogP contribution is -2.48. The minimum atomic E-state index is -3.69. The van der Waals surface area contributed by atoms with Crippen LogP contribution in [-0.4, -0.2) is 46.9 Å². The maximum atomic E-state index is 12.9. The van der Waals surface area contributed by atoms with Crippen molar-refractivity contribution < 1.29 is 27.1 Å². The number of amides is 1. The molecule has 2 aromatic carbocycles. The van der Waals surface area contributed by atoms with Crippen LogP contribution in [0.2, 0.25) is 0 Å². The minimum absolute atomic E-state index is 0.158. The van der Waals surface area contributed by atoms with E-state index in [9.17, 15) is 17.6 Å². The quantitative estimate of drug-likeness (QED) is 0.641. The molecule has 1 amide bonds. The largest absolute Gasteiger partial charge is 0.497 e. The van der Waals surface area contributed by atoms with Crippen LogP contribution in [0.15, 0.2) is 48.5 Å². The Balaban J connectivity index is 1.97. The van der Waals surface area contributed by atoms with Crippen molar-refractivity contribution in [2.24, 2.45) is 0 Å². The molecule has 2 rings (SSSR count). The first kappa shape index (κ1) is 21.5. The summed E-state index contributed by atoms with van der Waals surface area (Å²) in [5, 5.41) is 2.64. The summed E-state index contributed by atoms with van der Waals surface area (Å²) in [6.45, 7) is 1.83. The van der Waals surface area contributed by atoms with Gasteiger partial charge in [-0.05, 0) is 55.5 Å². The predicted molar refractivity (Wildman–Crippen MR) is 105 cm³/mol. The Morgan fingerprint density at radius 3 is 2.21 bits per heavy atom. The molecule has 0 aliphatic heterocycles. The average molecular weight is 410 g/mol. The highest BCUT2D eigenvalue weighted by Crippen LogP contribution is 2.23. The zero-order chi connectivity index (χ0) is 20.7. The van der Waals surface area contributed by atoms with Gasteiger partial charge >= 0.3 is 0 Å². The number of nitrogens with one attached hydrogen (secondary N) is 1. The van der Waals surface area contributed by atoms with E-state index in [1.54, 1.807) is 24.3 Å². The van der Waals surface area contributed by atoms with Crippen LogP contribution in [0.5, 0.6) is 11.5 Å². The van der Waals surface area contributed by atoms with Gasteiger partial charge in [-0.2, -0.15) is 0 Å². The van der Waals surface area contributed by atoms with E-state index in [2.05, 4.69) is 5.32 Å². The van der Waals surface area contributed by atoms with Crippen LogP contribution in [0, 0.1) is 5.82 Å². The molecule has 7 nitrogen and oxygen atoms in total. The first-order valence-electron chi connectivity index (χ1n) is 8.52. The van der Waals surface area contributed by atoms with Gasteiger partial charge in [0.25, 0.3) is 0 Å². The summed E-state index contributed by atoms with van der Waals surface area (Å²) < 4.78 is 48.8. The summed E-state index contributed by atoms with van der Waals surface area (Å²) in [6, 6.07) is 10.9. The second-order valence-electron chi connectivity index (χ2n) is 6.03. The first-order chi connectivity index (χ1) is 13.2. The monoisotopic (exact) mass is 410 g/mol. The smallest absolute Gasteiger partial charge is 0.243 e. The molecule has 0 aliphatic carbocycles. The van der Waals surface area contributed by atoms with Crippen molar-refractivity contribution in [1.29, 1.82) is 0 Å². The topological polar surface area (TPSA) is 84.9 Å². The Kier molecular flexibility index (Phi) is 7.22. The van der Waals surface area contributed by atoms with Crippen LogP contribution in [0.4, 0.5) is 10.1 Å². The molecule has 1 N–H and O–H groups in total. The van der Waals surface area contributed by atoms with Gasteiger partial charge in [-0.3, -0.25) is 9.10 Å². The van der Waals surface area contributed by atoms with E-state index < -0.39 is 22.0 Å². The third-order valence-electron chi connectivity index (χ3n) is 3.90. The molecule has 152 valence electrons. The molecule has 0 fully saturated rings. The molecular formula is C19H23FN2O5S. The highest BCUT2D eigenvalue weighted by Gasteiger charge is 2.28. The Labute approximate surface area is 164 Å². The normalized spacial score (nSPS) is 12.1. The van der Waals surface area contributed by atoms with Gasteiger partial charge in [0.15, 0.2) is 0 Å². The van der Waals surface area contributed by atoms with Crippen molar-refractivity contribution in [2.45, 2.75) is 13.0 Å². The van der Waals surface area contributed by atoms with E-state index in [4.69, 9.17) is 9.47 Å². The Hall–Kier alpha value is -2.81. The van der Waals surface area contributed by atoms with Gasteiger partial charge in [-0.15, -0.1) is 0 Å². The maximum absolute atomic E-state index is 12.9. The molecule has 0 bridgehead atoms. The minimum Gasteiger partial charge on any atom is -0.497 e. The van der Waals surface area contributed by atoms with Crippen LogP contribution >= 0.6 is 0 Å². The summed E-state index contributed by atoms with van der Waals surface area (Å²) in [6.07, 6.45) is 1.04. The molecule has 1 atom stereocenters. The standard InChI is InChI=1S/C19H23FN2O5S/c1-14(19(23)21-12-13-27-18-8-4-15(20)5-9-18)22(28(3,24)25)16-6-10-17(26-2)11-7-16/h4-11,14H,12-13H2,1-3H3,(H,21,23)/t14-/m0/s1. The van der Waals surface area contributed by atoms with Gasteiger partial charge in [-0.1, -0.05) is 0 Å². The van der Waals surface area contributed by atoms with E-state index in [0.29, 0.717) is 17.2 Å². The molecule has 0 radical (unpaired) electrons. The fourth-order valence-corrected chi connectivity index (χ4v) is 3.73. The van der Waals surface area contributed by atoms with Crippen LogP contribution in [0.25, 0.3) is 0 Å². The van der Waals surface area contributed by atoms with Crippen molar-refractivity contribution in [3.8, 4) is 11.5 Å². The Morgan fingerprint density at radius 2 is 1.68 bits per heavy atom. The maximum Gasteiger partial charge on any atom is 0.243 e. The van der Waals surface area contributed by atoms with Gasteiger partial charge in [-0.25, -0.2) is 12.8 Å². The lowest BCUT2D eigenvalue weighted by Gasteiger charge is -2.28. The summed E-state index contributed by atoms with van der Waals surface area (Å²) in [7, 11) is -2.19. The van der Waals surface area contributed by atoms with Crippen LogP contribution in [0.1, 0.15) is 6.92 Å². The molecular weight excluding hydrogens is 387 g/mol. The van der Waals surface area contributed by atoms with Gasteiger partial charge in [0, 0.05) is 0 Å². The molecule has 0 heterocycles. The van der Waals surface area contributed by atoms with E-state index in [-0.39, 0.29) is 19.0 Å². The lowest BCUT2D eigenvalue weighted by molar-refractivity contribution is -0.121. The summed E-state index contributed by atoms with van der Waals surface area (Å²) in [5.41, 5.74) is 0.355. The van der Waals surface area contributed by atoms with E-state index in [1.807, 2.05) is 0 Å². The van der Waals surface area contributed by atoms with E-state index in [1.165, 1.54) is 38.3 Å². The van der Waals surface area contributed by atoms with Crippen LogP contribution < -0.4 is 19.1 Å². The molecule has 28 heavy (non-hydrogen) atoms. The summed E-state index contributed by atoms with van der Waals surface area (Å²) >= 11 is 0. The van der Waals surface area contributed by atoms with Crippen LogP contribution in [-0.2, 0) is 14.8 Å². The molecule has 0 aromatic heterocycles. The number of methoxy groups -OCH3 is 1. The second-order valence-corrected chi connectivity index (χ2v) is 7.89. The van der Waals surface area contributed by atoms with E-state index >= 15 is 0 Å². The fourth-order valence-electron chi connectivity index (χ4n) is 2.56. The Bertz CT molecular complexity index is 886. The number of sulfonamides is 1. The number of carbonyl (C=O) groups is 1. The Morgan fingerprint density at radius 1 is 1.11 bits per heavy atom. The summed E-state index contributed by atoms with van der Waals surface area (Å²) in [5.74, 6) is 0.213. The van der Waals surface area contributed by atoms with Crippen LogP contribution in [0.3, 0.4) is 0 Å². The van der Waals surface area contributed by atoms with Gasteiger partial charge < -0.3 is 14.8 Å². The molecule has 2 aromatic rings. The van der Waals surface area contributed by atoms with Crippen molar-refractivity contribution in [2.75, 3.05) is 30.8 Å². The van der Waals surface area contributed by atoms with Crippen molar-refractivity contribution >= 4 is 21.6 Å². The molecule has 9 heteroatoms. The van der Waals surface area contributed by atoms with Gasteiger partial charge in [0.2, 0.25) is 15.9 Å². The number of ether oxygens (including phenoxy) is 2.